The van der Waals surface area contributed by atoms with Crippen LogP contribution in [0.5, 0.6) is 0 Å². The molecule has 35 heavy (non-hydrogen) atoms. The third kappa shape index (κ3) is 7.15. The summed E-state index contributed by atoms with van der Waals surface area (Å²) < 4.78 is 5.33. The fraction of sp³-hybridized carbons (Fsp3) is 0.593. The lowest BCUT2D eigenvalue weighted by atomic mass is 9.92. The SMILES string of the molecule is Cc1cc(N2C[C@@H](C)C[C@H](C)C2)nc2ccc(NC(=O)CCC(=O)NCCN3CCOCC3)cc12. The van der Waals surface area contributed by atoms with E-state index in [0.29, 0.717) is 18.4 Å². The fourth-order valence-electron chi connectivity index (χ4n) is 5.18. The van der Waals surface area contributed by atoms with Crippen molar-refractivity contribution in [1.29, 1.82) is 0 Å². The second kappa shape index (κ2) is 11.8. The molecule has 0 saturated carbocycles. The van der Waals surface area contributed by atoms with E-state index in [0.717, 1.165) is 73.9 Å². The van der Waals surface area contributed by atoms with E-state index in [1.54, 1.807) is 0 Å². The summed E-state index contributed by atoms with van der Waals surface area (Å²) in [5.41, 5.74) is 2.81. The van der Waals surface area contributed by atoms with Crippen molar-refractivity contribution in [3.8, 4) is 0 Å². The summed E-state index contributed by atoms with van der Waals surface area (Å²) in [6.07, 6.45) is 1.60. The van der Waals surface area contributed by atoms with Gasteiger partial charge in [0.05, 0.1) is 18.7 Å². The topological polar surface area (TPSA) is 86.8 Å². The number of nitrogens with one attached hydrogen (secondary N) is 2. The van der Waals surface area contributed by atoms with Crippen LogP contribution in [0.1, 0.15) is 38.7 Å². The molecule has 2 aliphatic heterocycles. The number of carbonyl (C=O) groups excluding carboxylic acids is 2. The number of fused-ring (bicyclic) bond motifs is 1. The van der Waals surface area contributed by atoms with Crippen LogP contribution in [-0.2, 0) is 14.3 Å². The molecule has 1 aromatic heterocycles. The highest BCUT2D eigenvalue weighted by atomic mass is 16.5. The zero-order valence-corrected chi connectivity index (χ0v) is 21.3. The van der Waals surface area contributed by atoms with Crippen LogP contribution in [0, 0.1) is 18.8 Å². The minimum Gasteiger partial charge on any atom is -0.379 e. The first-order chi connectivity index (χ1) is 16.9. The summed E-state index contributed by atoms with van der Waals surface area (Å²) in [5, 5.41) is 6.87. The number of rotatable bonds is 8. The van der Waals surface area contributed by atoms with Gasteiger partial charge in [-0.05, 0) is 55.0 Å². The van der Waals surface area contributed by atoms with Crippen molar-refractivity contribution in [1.82, 2.24) is 15.2 Å². The monoisotopic (exact) mass is 481 g/mol. The van der Waals surface area contributed by atoms with Gasteiger partial charge < -0.3 is 20.3 Å². The second-order valence-electron chi connectivity index (χ2n) is 10.2. The van der Waals surface area contributed by atoms with Crippen molar-refractivity contribution in [2.75, 3.05) is 62.7 Å². The Hall–Kier alpha value is -2.71. The van der Waals surface area contributed by atoms with E-state index in [1.165, 1.54) is 6.42 Å². The molecule has 2 N–H and O–H groups in total. The van der Waals surface area contributed by atoms with Crippen LogP contribution in [-0.4, -0.2) is 74.2 Å². The van der Waals surface area contributed by atoms with Crippen molar-refractivity contribution in [3.05, 3.63) is 29.8 Å². The molecule has 0 unspecified atom stereocenters. The van der Waals surface area contributed by atoms with Crippen LogP contribution in [0.2, 0.25) is 0 Å². The van der Waals surface area contributed by atoms with Gasteiger partial charge in [-0.15, -0.1) is 0 Å². The molecule has 1 aromatic carbocycles. The predicted octanol–water partition coefficient (Wildman–Crippen LogP) is 3.19. The Morgan fingerprint density at radius 1 is 1.06 bits per heavy atom. The third-order valence-corrected chi connectivity index (χ3v) is 6.91. The van der Waals surface area contributed by atoms with Crippen LogP contribution >= 0.6 is 0 Å². The number of hydrogen-bond donors (Lipinski definition) is 2. The zero-order valence-electron chi connectivity index (χ0n) is 21.3. The van der Waals surface area contributed by atoms with Crippen molar-refractivity contribution in [2.24, 2.45) is 11.8 Å². The number of benzene rings is 1. The number of amides is 2. The highest BCUT2D eigenvalue weighted by molar-refractivity contribution is 5.96. The Morgan fingerprint density at radius 2 is 1.77 bits per heavy atom. The summed E-state index contributed by atoms with van der Waals surface area (Å²) in [6, 6.07) is 7.99. The number of ether oxygens (including phenoxy) is 1. The van der Waals surface area contributed by atoms with Crippen molar-refractivity contribution >= 4 is 34.2 Å². The maximum absolute atomic E-state index is 12.4. The first kappa shape index (κ1) is 25.4. The second-order valence-corrected chi connectivity index (χ2v) is 10.2. The molecule has 2 amide bonds. The lowest BCUT2D eigenvalue weighted by Crippen LogP contribution is -2.41. The van der Waals surface area contributed by atoms with Gasteiger partial charge in [0.15, 0.2) is 0 Å². The number of pyridine rings is 1. The summed E-state index contributed by atoms with van der Waals surface area (Å²) in [4.78, 5) is 34.1. The van der Waals surface area contributed by atoms with Crippen molar-refractivity contribution in [2.45, 2.75) is 40.0 Å². The predicted molar refractivity (Wildman–Crippen MR) is 140 cm³/mol. The molecule has 8 heteroatoms. The van der Waals surface area contributed by atoms with Crippen LogP contribution < -0.4 is 15.5 Å². The molecule has 2 fully saturated rings. The molecular weight excluding hydrogens is 442 g/mol. The third-order valence-electron chi connectivity index (χ3n) is 6.91. The molecule has 190 valence electrons. The standard InChI is InChI=1S/C27H39N5O3/c1-19-14-20(2)18-32(17-19)25-15-21(3)23-16-22(4-5-24(23)30-25)29-27(34)7-6-26(33)28-8-9-31-10-12-35-13-11-31/h4-5,15-16,19-20H,6-14,17-18H2,1-3H3,(H,28,33)(H,29,34)/t19-,20-/m0/s1. The number of hydrogen-bond acceptors (Lipinski definition) is 6. The lowest BCUT2D eigenvalue weighted by Gasteiger charge is -2.36. The molecule has 3 heterocycles. The van der Waals surface area contributed by atoms with E-state index >= 15 is 0 Å². The van der Waals surface area contributed by atoms with Crippen LogP contribution in [0.3, 0.4) is 0 Å². The first-order valence-electron chi connectivity index (χ1n) is 12.9. The van der Waals surface area contributed by atoms with Crippen molar-refractivity contribution in [3.63, 3.8) is 0 Å². The van der Waals surface area contributed by atoms with Crippen LogP contribution in [0.4, 0.5) is 11.5 Å². The Morgan fingerprint density at radius 3 is 2.51 bits per heavy atom. The molecule has 0 spiro atoms. The number of aromatic nitrogens is 1. The zero-order chi connectivity index (χ0) is 24.8. The van der Waals surface area contributed by atoms with Gasteiger partial charge in [-0.25, -0.2) is 4.98 Å². The molecule has 0 aliphatic carbocycles. The van der Waals surface area contributed by atoms with Gasteiger partial charge in [-0.1, -0.05) is 13.8 Å². The Labute approximate surface area is 208 Å². The number of anilines is 2. The minimum absolute atomic E-state index is 0.0964. The van der Waals surface area contributed by atoms with Gasteiger partial charge in [0.25, 0.3) is 0 Å². The Kier molecular flexibility index (Phi) is 8.57. The molecule has 2 aromatic rings. The van der Waals surface area contributed by atoms with E-state index in [1.807, 2.05) is 18.2 Å². The molecule has 0 radical (unpaired) electrons. The van der Waals surface area contributed by atoms with Gasteiger partial charge in [0.1, 0.15) is 5.82 Å². The Balaban J connectivity index is 1.28. The first-order valence-corrected chi connectivity index (χ1v) is 12.9. The average Bonchev–Trinajstić information content (AvgIpc) is 2.83. The lowest BCUT2D eigenvalue weighted by molar-refractivity contribution is -0.124. The van der Waals surface area contributed by atoms with Crippen molar-refractivity contribution < 1.29 is 14.3 Å². The molecule has 2 saturated heterocycles. The van der Waals surface area contributed by atoms with E-state index in [4.69, 9.17) is 9.72 Å². The molecule has 0 bridgehead atoms. The maximum Gasteiger partial charge on any atom is 0.224 e. The number of nitrogens with zero attached hydrogens (tertiary/aromatic N) is 3. The van der Waals surface area contributed by atoms with Gasteiger partial charge in [0.2, 0.25) is 11.8 Å². The van der Waals surface area contributed by atoms with E-state index in [9.17, 15) is 9.59 Å². The highest BCUT2D eigenvalue weighted by Crippen LogP contribution is 2.29. The molecular formula is C27H39N5O3. The largest absolute Gasteiger partial charge is 0.379 e. The number of piperidine rings is 1. The van der Waals surface area contributed by atoms with Crippen LogP contribution in [0.25, 0.3) is 10.9 Å². The smallest absolute Gasteiger partial charge is 0.224 e. The highest BCUT2D eigenvalue weighted by Gasteiger charge is 2.23. The molecule has 8 nitrogen and oxygen atoms in total. The summed E-state index contributed by atoms with van der Waals surface area (Å²) in [7, 11) is 0. The number of aryl methyl sites for hydroxylation is 1. The molecule has 2 atom stereocenters. The van der Waals surface area contributed by atoms with Gasteiger partial charge >= 0.3 is 0 Å². The average molecular weight is 482 g/mol. The molecule has 4 rings (SSSR count). The quantitative estimate of drug-likeness (QED) is 0.602. The molecule has 2 aliphatic rings. The maximum atomic E-state index is 12.4. The number of morpholine rings is 1. The normalized spacial score (nSPS) is 21.2. The fourth-order valence-corrected chi connectivity index (χ4v) is 5.18. The van der Waals surface area contributed by atoms with Gasteiger partial charge in [0, 0.05) is 63.2 Å². The van der Waals surface area contributed by atoms with E-state index in [-0.39, 0.29) is 24.7 Å². The Bertz CT molecular complexity index is 1030. The number of carbonyl (C=O) groups is 2. The minimum atomic E-state index is -0.161. The van der Waals surface area contributed by atoms with Gasteiger partial charge in [-0.2, -0.15) is 0 Å². The van der Waals surface area contributed by atoms with E-state index < -0.39 is 0 Å². The summed E-state index contributed by atoms with van der Waals surface area (Å²) >= 11 is 0. The van der Waals surface area contributed by atoms with Crippen LogP contribution in [0.15, 0.2) is 24.3 Å². The summed E-state index contributed by atoms with van der Waals surface area (Å²) in [5.74, 6) is 2.11. The summed E-state index contributed by atoms with van der Waals surface area (Å²) in [6.45, 7) is 13.5. The van der Waals surface area contributed by atoms with Gasteiger partial charge in [-0.3, -0.25) is 14.5 Å². The van der Waals surface area contributed by atoms with E-state index in [2.05, 4.69) is 47.3 Å².